The van der Waals surface area contributed by atoms with Crippen molar-refractivity contribution in [3.05, 3.63) is 23.9 Å². The van der Waals surface area contributed by atoms with Gasteiger partial charge in [-0.3, -0.25) is 0 Å². The van der Waals surface area contributed by atoms with Gasteiger partial charge in [0.1, 0.15) is 5.82 Å². The summed E-state index contributed by atoms with van der Waals surface area (Å²) in [4.78, 5) is 4.09. The minimum atomic E-state index is -4.53. The molecule has 2 aromatic rings. The highest BCUT2D eigenvalue weighted by molar-refractivity contribution is 7.09. The Morgan fingerprint density at radius 1 is 1.33 bits per heavy atom. The van der Waals surface area contributed by atoms with Crippen LogP contribution < -0.4 is 10.5 Å². The molecule has 0 aliphatic rings. The average molecular weight is 275 g/mol. The predicted octanol–water partition coefficient (Wildman–Crippen LogP) is 2.81. The van der Waals surface area contributed by atoms with Gasteiger partial charge in [-0.1, -0.05) is 0 Å². The van der Waals surface area contributed by atoms with Crippen LogP contribution in [0, 0.1) is 0 Å². The minimum Gasteiger partial charge on any atom is -0.480 e. The molecule has 0 saturated carbocycles. The number of rotatable bonds is 2. The number of aromatic nitrogens is 2. The topological polar surface area (TPSA) is 61.0 Å². The van der Waals surface area contributed by atoms with Crippen molar-refractivity contribution in [3.8, 4) is 16.3 Å². The third-order valence-electron chi connectivity index (χ3n) is 2.21. The third kappa shape index (κ3) is 2.37. The van der Waals surface area contributed by atoms with Gasteiger partial charge in [0.25, 0.3) is 0 Å². The first-order valence-corrected chi connectivity index (χ1v) is 5.53. The van der Waals surface area contributed by atoms with E-state index in [2.05, 4.69) is 9.36 Å². The number of hydrogen-bond acceptors (Lipinski definition) is 5. The minimum absolute atomic E-state index is 0.303. The number of hydrogen-bond donors (Lipinski definition) is 1. The van der Waals surface area contributed by atoms with Crippen LogP contribution in [0.3, 0.4) is 0 Å². The zero-order chi connectivity index (χ0) is 13.3. The van der Waals surface area contributed by atoms with E-state index in [9.17, 15) is 13.2 Å². The third-order valence-corrected chi connectivity index (χ3v) is 3.03. The van der Waals surface area contributed by atoms with Crippen molar-refractivity contribution in [2.75, 3.05) is 12.8 Å². The first-order chi connectivity index (χ1) is 8.41. The molecule has 2 N–H and O–H groups in total. The highest BCUT2D eigenvalue weighted by Gasteiger charge is 2.34. The van der Waals surface area contributed by atoms with Gasteiger partial charge in [-0.15, -0.1) is 0 Å². The van der Waals surface area contributed by atoms with Gasteiger partial charge in [-0.2, -0.15) is 17.5 Å². The van der Waals surface area contributed by atoms with E-state index in [0.29, 0.717) is 16.3 Å². The Kier molecular flexibility index (Phi) is 3.12. The zero-order valence-corrected chi connectivity index (χ0v) is 9.97. The van der Waals surface area contributed by atoms with Crippen LogP contribution in [0.1, 0.15) is 5.56 Å². The van der Waals surface area contributed by atoms with Crippen LogP contribution in [0.4, 0.5) is 19.0 Å². The zero-order valence-electron chi connectivity index (χ0n) is 9.15. The van der Waals surface area contributed by atoms with Gasteiger partial charge < -0.3 is 10.5 Å². The Bertz CT molecular complexity index is 568. The molecule has 0 unspecified atom stereocenters. The Labute approximate surface area is 104 Å². The quantitative estimate of drug-likeness (QED) is 0.915. The van der Waals surface area contributed by atoms with E-state index >= 15 is 0 Å². The number of nitrogens with two attached hydrogens (primary N) is 1. The molecule has 0 atom stereocenters. The molecule has 18 heavy (non-hydrogen) atoms. The molecule has 0 radical (unpaired) electrons. The first kappa shape index (κ1) is 12.6. The summed E-state index contributed by atoms with van der Waals surface area (Å²) >= 11 is 1.03. The standard InChI is InChI=1S/C10H8F3N3OS/c1-17-8-3-7(18-16-8)5-2-6(10(11,12)13)9(14)15-4-5/h2-4H,1H3,(H2,14,15). The Morgan fingerprint density at radius 2 is 2.06 bits per heavy atom. The van der Waals surface area contributed by atoms with Crippen LogP contribution in [0.15, 0.2) is 18.3 Å². The Balaban J connectivity index is 2.47. The monoisotopic (exact) mass is 275 g/mol. The molecule has 0 aromatic carbocycles. The SMILES string of the molecule is COc1cc(-c2cnc(N)c(C(F)(F)F)c2)sn1. The molecule has 2 aromatic heterocycles. The summed E-state index contributed by atoms with van der Waals surface area (Å²) in [6.07, 6.45) is -3.25. The maximum Gasteiger partial charge on any atom is 0.419 e. The lowest BCUT2D eigenvalue weighted by molar-refractivity contribution is -0.137. The number of nitrogen functional groups attached to an aromatic ring is 1. The van der Waals surface area contributed by atoms with Crippen molar-refractivity contribution in [1.29, 1.82) is 0 Å². The Hall–Kier alpha value is -1.83. The fourth-order valence-electron chi connectivity index (χ4n) is 1.33. The lowest BCUT2D eigenvalue weighted by Gasteiger charge is -2.09. The van der Waals surface area contributed by atoms with Crippen LogP contribution in [-0.4, -0.2) is 16.5 Å². The second kappa shape index (κ2) is 4.45. The highest BCUT2D eigenvalue weighted by atomic mass is 32.1. The second-order valence-corrected chi connectivity index (χ2v) is 4.19. The van der Waals surface area contributed by atoms with Crippen molar-refractivity contribution in [2.45, 2.75) is 6.18 Å². The van der Waals surface area contributed by atoms with Gasteiger partial charge in [0.2, 0.25) is 5.88 Å². The van der Waals surface area contributed by atoms with E-state index in [1.807, 2.05) is 0 Å². The highest BCUT2D eigenvalue weighted by Crippen LogP contribution is 2.36. The molecule has 0 aliphatic heterocycles. The van der Waals surface area contributed by atoms with Gasteiger partial charge in [-0.05, 0) is 17.6 Å². The lowest BCUT2D eigenvalue weighted by Crippen LogP contribution is -2.10. The molecule has 0 fully saturated rings. The largest absolute Gasteiger partial charge is 0.480 e. The van der Waals surface area contributed by atoms with Gasteiger partial charge in [-0.25, -0.2) is 4.98 Å². The van der Waals surface area contributed by atoms with Crippen LogP contribution in [0.25, 0.3) is 10.4 Å². The molecule has 2 heterocycles. The van der Waals surface area contributed by atoms with Crippen LogP contribution in [0.2, 0.25) is 0 Å². The summed E-state index contributed by atoms with van der Waals surface area (Å²) in [5.74, 6) is -0.192. The molecular formula is C10H8F3N3OS. The molecule has 0 spiro atoms. The molecule has 8 heteroatoms. The van der Waals surface area contributed by atoms with Crippen LogP contribution in [0.5, 0.6) is 5.88 Å². The molecular weight excluding hydrogens is 267 g/mol. The van der Waals surface area contributed by atoms with Gasteiger partial charge in [0.15, 0.2) is 0 Å². The number of methoxy groups -OCH3 is 1. The van der Waals surface area contributed by atoms with Crippen LogP contribution >= 0.6 is 11.5 Å². The summed E-state index contributed by atoms with van der Waals surface area (Å²) in [5.41, 5.74) is 4.57. The van der Waals surface area contributed by atoms with Crippen molar-refractivity contribution in [2.24, 2.45) is 0 Å². The lowest BCUT2D eigenvalue weighted by atomic mass is 10.1. The van der Waals surface area contributed by atoms with Gasteiger partial charge >= 0.3 is 6.18 Å². The molecule has 96 valence electrons. The van der Waals surface area contributed by atoms with Crippen molar-refractivity contribution in [1.82, 2.24) is 9.36 Å². The first-order valence-electron chi connectivity index (χ1n) is 4.75. The fraction of sp³-hybridized carbons (Fsp3) is 0.200. The molecule has 2 rings (SSSR count). The van der Waals surface area contributed by atoms with E-state index in [0.717, 1.165) is 17.6 Å². The van der Waals surface area contributed by atoms with E-state index in [-0.39, 0.29) is 0 Å². The smallest absolute Gasteiger partial charge is 0.419 e. The summed E-state index contributed by atoms with van der Waals surface area (Å²) in [7, 11) is 1.43. The van der Waals surface area contributed by atoms with Crippen molar-refractivity contribution >= 4 is 17.4 Å². The summed E-state index contributed by atoms with van der Waals surface area (Å²) in [5, 5.41) is 0. The molecule has 0 aliphatic carbocycles. The second-order valence-electron chi connectivity index (χ2n) is 3.39. The predicted molar refractivity (Wildman–Crippen MR) is 61.3 cm³/mol. The van der Waals surface area contributed by atoms with Crippen molar-refractivity contribution < 1.29 is 17.9 Å². The van der Waals surface area contributed by atoms with E-state index < -0.39 is 17.6 Å². The van der Waals surface area contributed by atoms with Crippen molar-refractivity contribution in [3.63, 3.8) is 0 Å². The number of alkyl halides is 3. The normalized spacial score (nSPS) is 11.6. The number of nitrogens with zero attached hydrogens (tertiary/aromatic N) is 2. The van der Waals surface area contributed by atoms with Gasteiger partial charge in [0.05, 0.1) is 17.6 Å². The number of anilines is 1. The van der Waals surface area contributed by atoms with Gasteiger partial charge in [0, 0.05) is 17.8 Å². The number of ether oxygens (including phenoxy) is 1. The van der Waals surface area contributed by atoms with E-state index in [4.69, 9.17) is 10.5 Å². The summed E-state index contributed by atoms with van der Waals surface area (Å²) in [6.45, 7) is 0. The Morgan fingerprint density at radius 3 is 2.61 bits per heavy atom. The summed E-state index contributed by atoms with van der Waals surface area (Å²) in [6, 6.07) is 2.49. The number of pyridine rings is 1. The fourth-order valence-corrected chi connectivity index (χ4v) is 2.01. The maximum atomic E-state index is 12.7. The average Bonchev–Trinajstić information content (AvgIpc) is 2.76. The molecule has 4 nitrogen and oxygen atoms in total. The van der Waals surface area contributed by atoms with E-state index in [1.165, 1.54) is 19.4 Å². The molecule has 0 saturated heterocycles. The molecule has 0 bridgehead atoms. The maximum absolute atomic E-state index is 12.7. The molecule has 0 amide bonds. The van der Waals surface area contributed by atoms with Crippen LogP contribution in [-0.2, 0) is 6.18 Å². The summed E-state index contributed by atoms with van der Waals surface area (Å²) < 4.78 is 46.8. The van der Waals surface area contributed by atoms with E-state index in [1.54, 1.807) is 0 Å². The number of halogens is 3.